The van der Waals surface area contributed by atoms with Gasteiger partial charge < -0.3 is 5.32 Å². The van der Waals surface area contributed by atoms with E-state index in [1.54, 1.807) is 30.2 Å². The fraction of sp³-hybridized carbons (Fsp3) is 0.182. The molecule has 1 amide bonds. The molecule has 0 aliphatic carbocycles. The predicted molar refractivity (Wildman–Crippen MR) is 66.2 cm³/mol. The second kappa shape index (κ2) is 5.46. The molecule has 1 aromatic heterocycles. The highest BCUT2D eigenvalue weighted by molar-refractivity contribution is 8.14. The molecule has 1 aliphatic rings. The van der Waals surface area contributed by atoms with Crippen molar-refractivity contribution in [3.8, 4) is 0 Å². The second-order valence-corrected chi connectivity index (χ2v) is 4.23. The highest BCUT2D eigenvalue weighted by atomic mass is 32.2. The highest BCUT2D eigenvalue weighted by Gasteiger charge is 2.08. The van der Waals surface area contributed by atoms with Gasteiger partial charge in [-0.2, -0.15) is 0 Å². The fourth-order valence-electron chi connectivity index (χ4n) is 1.20. The molecular weight excluding hydrogens is 222 g/mol. The van der Waals surface area contributed by atoms with Crippen molar-refractivity contribution in [1.82, 2.24) is 10.3 Å². The smallest absolute Gasteiger partial charge is 0.249 e. The van der Waals surface area contributed by atoms with Crippen LogP contribution in [-0.2, 0) is 4.79 Å². The lowest BCUT2D eigenvalue weighted by Crippen LogP contribution is -2.25. The van der Waals surface area contributed by atoms with Gasteiger partial charge in [-0.05, 0) is 17.7 Å². The minimum Gasteiger partial charge on any atom is -0.302 e. The first kappa shape index (κ1) is 10.9. The average Bonchev–Trinajstić information content (AvgIpc) is 2.81. The average molecular weight is 233 g/mol. The standard InChI is InChI=1S/C11H11N3OS/c15-10(14-11-13-6-7-16-11)4-3-9-2-1-5-12-8-9/h1-5,8H,6-7H2,(H,13,14,15)/b4-3+. The summed E-state index contributed by atoms with van der Waals surface area (Å²) in [4.78, 5) is 19.5. The first-order valence-corrected chi connectivity index (χ1v) is 5.89. The second-order valence-electron chi connectivity index (χ2n) is 3.14. The third-order valence-electron chi connectivity index (χ3n) is 1.93. The van der Waals surface area contributed by atoms with E-state index >= 15 is 0 Å². The zero-order chi connectivity index (χ0) is 11.2. The molecule has 0 atom stereocenters. The number of rotatable bonds is 2. The number of amides is 1. The molecule has 1 aliphatic heterocycles. The molecule has 0 aromatic carbocycles. The lowest BCUT2D eigenvalue weighted by Gasteiger charge is -1.98. The molecule has 16 heavy (non-hydrogen) atoms. The number of carbonyl (C=O) groups is 1. The summed E-state index contributed by atoms with van der Waals surface area (Å²) in [6, 6.07) is 3.72. The van der Waals surface area contributed by atoms with Crippen molar-refractivity contribution in [2.75, 3.05) is 12.3 Å². The normalized spacial score (nSPS) is 15.1. The van der Waals surface area contributed by atoms with Gasteiger partial charge in [-0.3, -0.25) is 14.8 Å². The Bertz CT molecular complexity index is 428. The maximum Gasteiger partial charge on any atom is 0.249 e. The van der Waals surface area contributed by atoms with Crippen LogP contribution in [0.4, 0.5) is 0 Å². The summed E-state index contributed by atoms with van der Waals surface area (Å²) in [5.74, 6) is 0.791. The van der Waals surface area contributed by atoms with Crippen LogP contribution in [0.3, 0.4) is 0 Å². The SMILES string of the molecule is O=C(/C=C/c1cccnc1)NC1=NCCS1. The Morgan fingerprint density at radius 2 is 2.50 bits per heavy atom. The Morgan fingerprint density at radius 3 is 3.19 bits per heavy atom. The molecule has 4 nitrogen and oxygen atoms in total. The molecule has 2 heterocycles. The van der Waals surface area contributed by atoms with Crippen molar-refractivity contribution in [2.24, 2.45) is 4.99 Å². The van der Waals surface area contributed by atoms with E-state index in [2.05, 4.69) is 15.3 Å². The van der Waals surface area contributed by atoms with Crippen LogP contribution in [0.2, 0.25) is 0 Å². The molecule has 1 N–H and O–H groups in total. The first-order valence-electron chi connectivity index (χ1n) is 4.91. The van der Waals surface area contributed by atoms with Crippen LogP contribution in [0.25, 0.3) is 6.08 Å². The van der Waals surface area contributed by atoms with Crippen LogP contribution in [-0.4, -0.2) is 28.4 Å². The number of hydrogen-bond acceptors (Lipinski definition) is 4. The summed E-state index contributed by atoms with van der Waals surface area (Å²) in [5, 5.41) is 3.43. The molecule has 0 spiro atoms. The fourth-order valence-corrected chi connectivity index (χ4v) is 1.94. The number of carbonyl (C=O) groups excluding carboxylic acids is 1. The summed E-state index contributed by atoms with van der Waals surface area (Å²) in [6.07, 6.45) is 6.61. The van der Waals surface area contributed by atoms with Crippen LogP contribution in [0.1, 0.15) is 5.56 Å². The molecule has 2 rings (SSSR count). The van der Waals surface area contributed by atoms with Crippen molar-refractivity contribution >= 4 is 28.9 Å². The number of nitrogens with one attached hydrogen (secondary N) is 1. The van der Waals surface area contributed by atoms with Gasteiger partial charge in [0.25, 0.3) is 0 Å². The number of aromatic nitrogens is 1. The van der Waals surface area contributed by atoms with Crippen LogP contribution < -0.4 is 5.32 Å². The Kier molecular flexibility index (Phi) is 3.71. The van der Waals surface area contributed by atoms with E-state index in [4.69, 9.17) is 0 Å². The van der Waals surface area contributed by atoms with Gasteiger partial charge in [-0.25, -0.2) is 0 Å². The van der Waals surface area contributed by atoms with Gasteiger partial charge in [0.1, 0.15) is 0 Å². The molecule has 0 unspecified atom stereocenters. The Morgan fingerprint density at radius 1 is 1.56 bits per heavy atom. The third-order valence-corrected chi connectivity index (χ3v) is 2.82. The van der Waals surface area contributed by atoms with Gasteiger partial charge in [0.05, 0.1) is 6.54 Å². The molecular formula is C11H11N3OS. The topological polar surface area (TPSA) is 54.4 Å². The number of thioether (sulfide) groups is 1. The number of pyridine rings is 1. The molecule has 0 saturated heterocycles. The van der Waals surface area contributed by atoms with E-state index in [1.165, 1.54) is 6.08 Å². The van der Waals surface area contributed by atoms with E-state index in [0.717, 1.165) is 17.9 Å². The van der Waals surface area contributed by atoms with E-state index in [9.17, 15) is 4.79 Å². The minimum atomic E-state index is -0.156. The van der Waals surface area contributed by atoms with Gasteiger partial charge >= 0.3 is 0 Å². The van der Waals surface area contributed by atoms with E-state index in [0.29, 0.717) is 5.17 Å². The van der Waals surface area contributed by atoms with Gasteiger partial charge in [0.15, 0.2) is 5.17 Å². The largest absolute Gasteiger partial charge is 0.302 e. The van der Waals surface area contributed by atoms with E-state index in [-0.39, 0.29) is 5.91 Å². The maximum atomic E-state index is 11.5. The molecule has 5 heteroatoms. The van der Waals surface area contributed by atoms with Crippen LogP contribution in [0, 0.1) is 0 Å². The molecule has 0 saturated carbocycles. The van der Waals surface area contributed by atoms with Crippen molar-refractivity contribution in [3.05, 3.63) is 36.2 Å². The van der Waals surface area contributed by atoms with Crippen LogP contribution >= 0.6 is 11.8 Å². The van der Waals surface area contributed by atoms with E-state index < -0.39 is 0 Å². The number of hydrogen-bond donors (Lipinski definition) is 1. The van der Waals surface area contributed by atoms with Gasteiger partial charge in [0.2, 0.25) is 5.91 Å². The van der Waals surface area contributed by atoms with Crippen molar-refractivity contribution < 1.29 is 4.79 Å². The maximum absolute atomic E-state index is 11.5. The van der Waals surface area contributed by atoms with Gasteiger partial charge in [-0.1, -0.05) is 17.8 Å². The van der Waals surface area contributed by atoms with Crippen molar-refractivity contribution in [3.63, 3.8) is 0 Å². The number of aliphatic imine (C=N–C) groups is 1. The lowest BCUT2D eigenvalue weighted by atomic mass is 10.2. The number of nitrogens with zero attached hydrogens (tertiary/aromatic N) is 2. The minimum absolute atomic E-state index is 0.156. The van der Waals surface area contributed by atoms with Gasteiger partial charge in [0, 0.05) is 24.2 Å². The third kappa shape index (κ3) is 3.20. The summed E-state index contributed by atoms with van der Waals surface area (Å²) in [7, 11) is 0. The summed E-state index contributed by atoms with van der Waals surface area (Å²) >= 11 is 1.56. The molecule has 82 valence electrons. The molecule has 1 aromatic rings. The summed E-state index contributed by atoms with van der Waals surface area (Å²) in [6.45, 7) is 0.784. The quantitative estimate of drug-likeness (QED) is 0.784. The van der Waals surface area contributed by atoms with Crippen molar-refractivity contribution in [2.45, 2.75) is 0 Å². The summed E-state index contributed by atoms with van der Waals surface area (Å²) < 4.78 is 0. The van der Waals surface area contributed by atoms with Crippen molar-refractivity contribution in [1.29, 1.82) is 0 Å². The van der Waals surface area contributed by atoms with E-state index in [1.807, 2.05) is 12.1 Å². The molecule has 0 fully saturated rings. The predicted octanol–water partition coefficient (Wildman–Crippen LogP) is 1.31. The van der Waals surface area contributed by atoms with Crippen LogP contribution in [0.5, 0.6) is 0 Å². The summed E-state index contributed by atoms with van der Waals surface area (Å²) in [5.41, 5.74) is 0.902. The first-order chi connectivity index (χ1) is 7.84. The molecule has 0 bridgehead atoms. The highest BCUT2D eigenvalue weighted by Crippen LogP contribution is 2.08. The number of amidine groups is 1. The zero-order valence-electron chi connectivity index (χ0n) is 8.59. The Hall–Kier alpha value is -1.62. The van der Waals surface area contributed by atoms with Crippen LogP contribution in [0.15, 0.2) is 35.6 Å². The molecule has 0 radical (unpaired) electrons. The monoisotopic (exact) mass is 233 g/mol. The lowest BCUT2D eigenvalue weighted by molar-refractivity contribution is -0.115. The van der Waals surface area contributed by atoms with Gasteiger partial charge in [-0.15, -0.1) is 0 Å². The Labute approximate surface area is 97.9 Å². The Balaban J connectivity index is 1.89. The zero-order valence-corrected chi connectivity index (χ0v) is 9.41.